The molecule has 1 aliphatic rings. The van der Waals surface area contributed by atoms with Gasteiger partial charge in [-0.2, -0.15) is 4.98 Å². The number of hydrogen-bond donors (Lipinski definition) is 3. The Morgan fingerprint density at radius 3 is 2.34 bits per heavy atom. The first-order valence-electron chi connectivity index (χ1n) is 13.4. The number of benzene rings is 4. The lowest BCUT2D eigenvalue weighted by atomic mass is 10.2. The second kappa shape index (κ2) is 11.4. The Morgan fingerprint density at radius 2 is 1.54 bits per heavy atom. The standard InChI is InChI=1S/C31H30N6O3S/c1-40-28-21-22(37-19-17-32-18-20-37)15-16-26(28)35-31-34-25-12-6-5-11-24(25)30(36-31)33-27-13-7-8-14-29(27)41(38,39)23-9-3-2-4-10-23/h2-16,21,32H,17-20H2,1H3,(H2,33,34,35,36). The third kappa shape index (κ3) is 5.52. The van der Waals surface area contributed by atoms with Gasteiger partial charge in [0, 0.05) is 43.3 Å². The van der Waals surface area contributed by atoms with Crippen molar-refractivity contribution in [2.24, 2.45) is 0 Å². The van der Waals surface area contributed by atoms with Crippen molar-refractivity contribution in [2.75, 3.05) is 48.8 Å². The molecule has 0 spiro atoms. The van der Waals surface area contributed by atoms with Crippen LogP contribution in [-0.4, -0.2) is 51.7 Å². The van der Waals surface area contributed by atoms with Gasteiger partial charge in [-0.05, 0) is 48.5 Å². The summed E-state index contributed by atoms with van der Waals surface area (Å²) in [5, 5.41) is 10.7. The SMILES string of the molecule is COc1cc(N2CCNCC2)ccc1Nc1nc(Nc2ccccc2S(=O)(=O)c2ccccc2)c2ccccc2n1. The van der Waals surface area contributed by atoms with Crippen molar-refractivity contribution in [3.8, 4) is 5.75 Å². The normalized spacial score (nSPS) is 13.6. The summed E-state index contributed by atoms with van der Waals surface area (Å²) in [7, 11) is -2.13. The Morgan fingerprint density at radius 1 is 0.805 bits per heavy atom. The summed E-state index contributed by atoms with van der Waals surface area (Å²) in [5.41, 5.74) is 2.93. The van der Waals surface area contributed by atoms with Gasteiger partial charge in [-0.25, -0.2) is 13.4 Å². The van der Waals surface area contributed by atoms with E-state index >= 15 is 0 Å². The summed E-state index contributed by atoms with van der Waals surface area (Å²) in [4.78, 5) is 12.2. The fraction of sp³-hybridized carbons (Fsp3) is 0.161. The van der Waals surface area contributed by atoms with E-state index in [1.165, 1.54) is 0 Å². The Balaban J connectivity index is 1.36. The number of ether oxygens (including phenoxy) is 1. The number of piperazine rings is 1. The number of hydrogen-bond acceptors (Lipinski definition) is 9. The lowest BCUT2D eigenvalue weighted by Gasteiger charge is -2.30. The van der Waals surface area contributed by atoms with E-state index in [4.69, 9.17) is 14.7 Å². The Bertz CT molecular complexity index is 1790. The molecular formula is C31H30N6O3S. The lowest BCUT2D eigenvalue weighted by Crippen LogP contribution is -2.43. The fourth-order valence-corrected chi connectivity index (χ4v) is 6.35. The smallest absolute Gasteiger partial charge is 0.229 e. The zero-order valence-electron chi connectivity index (χ0n) is 22.5. The van der Waals surface area contributed by atoms with Gasteiger partial charge in [-0.3, -0.25) is 0 Å². The highest BCUT2D eigenvalue weighted by Crippen LogP contribution is 2.35. The number of sulfone groups is 1. The van der Waals surface area contributed by atoms with E-state index in [9.17, 15) is 8.42 Å². The van der Waals surface area contributed by atoms with Crippen LogP contribution in [0.15, 0.2) is 107 Å². The van der Waals surface area contributed by atoms with Crippen LogP contribution in [0.3, 0.4) is 0 Å². The van der Waals surface area contributed by atoms with Crippen LogP contribution in [0.1, 0.15) is 0 Å². The van der Waals surface area contributed by atoms with Crippen molar-refractivity contribution in [1.82, 2.24) is 15.3 Å². The van der Waals surface area contributed by atoms with Gasteiger partial charge in [0.05, 0.1) is 33.8 Å². The van der Waals surface area contributed by atoms with Gasteiger partial charge in [0.1, 0.15) is 11.6 Å². The first-order chi connectivity index (χ1) is 20.0. The van der Waals surface area contributed by atoms with Crippen molar-refractivity contribution in [3.05, 3.63) is 97.1 Å². The quantitative estimate of drug-likeness (QED) is 0.228. The van der Waals surface area contributed by atoms with E-state index in [0.29, 0.717) is 28.7 Å². The Kier molecular flexibility index (Phi) is 7.41. The van der Waals surface area contributed by atoms with Gasteiger partial charge >= 0.3 is 0 Å². The van der Waals surface area contributed by atoms with Crippen molar-refractivity contribution >= 4 is 49.6 Å². The van der Waals surface area contributed by atoms with Gasteiger partial charge in [-0.1, -0.05) is 42.5 Å². The maximum absolute atomic E-state index is 13.5. The molecule has 4 aromatic carbocycles. The zero-order valence-corrected chi connectivity index (χ0v) is 23.4. The molecule has 5 aromatic rings. The predicted octanol–water partition coefficient (Wildman–Crippen LogP) is 5.37. The third-order valence-electron chi connectivity index (χ3n) is 7.00. The average Bonchev–Trinajstić information content (AvgIpc) is 3.02. The molecule has 6 rings (SSSR count). The first kappa shape index (κ1) is 26.5. The van der Waals surface area contributed by atoms with Gasteiger partial charge < -0.3 is 25.6 Å². The molecule has 0 amide bonds. The summed E-state index contributed by atoms with van der Waals surface area (Å²) in [5.74, 6) is 1.50. The highest BCUT2D eigenvalue weighted by atomic mass is 32.2. The highest BCUT2D eigenvalue weighted by molar-refractivity contribution is 7.91. The molecule has 9 nitrogen and oxygen atoms in total. The predicted molar refractivity (Wildman–Crippen MR) is 163 cm³/mol. The van der Waals surface area contributed by atoms with Crippen LogP contribution in [0.5, 0.6) is 5.75 Å². The summed E-state index contributed by atoms with van der Waals surface area (Å²) < 4.78 is 32.8. The van der Waals surface area contributed by atoms with E-state index in [-0.39, 0.29) is 9.79 Å². The molecule has 1 aliphatic heterocycles. The highest BCUT2D eigenvalue weighted by Gasteiger charge is 2.22. The third-order valence-corrected chi connectivity index (χ3v) is 8.83. The molecule has 10 heteroatoms. The zero-order chi connectivity index (χ0) is 28.2. The van der Waals surface area contributed by atoms with Crippen LogP contribution in [-0.2, 0) is 9.84 Å². The molecule has 3 N–H and O–H groups in total. The van der Waals surface area contributed by atoms with Crippen LogP contribution < -0.4 is 25.6 Å². The van der Waals surface area contributed by atoms with Crippen molar-refractivity contribution in [3.63, 3.8) is 0 Å². The van der Waals surface area contributed by atoms with Gasteiger partial charge in [-0.15, -0.1) is 0 Å². The molecule has 0 saturated carbocycles. The molecule has 0 atom stereocenters. The first-order valence-corrected chi connectivity index (χ1v) is 14.8. The number of para-hydroxylation sites is 2. The monoisotopic (exact) mass is 566 g/mol. The molecule has 0 radical (unpaired) electrons. The number of nitrogens with zero attached hydrogens (tertiary/aromatic N) is 3. The largest absolute Gasteiger partial charge is 0.494 e. The number of methoxy groups -OCH3 is 1. The fourth-order valence-electron chi connectivity index (χ4n) is 4.91. The molecular weight excluding hydrogens is 536 g/mol. The number of nitrogens with one attached hydrogen (secondary N) is 3. The minimum Gasteiger partial charge on any atom is -0.494 e. The Hall–Kier alpha value is -4.67. The van der Waals surface area contributed by atoms with E-state index in [1.807, 2.05) is 36.4 Å². The summed E-state index contributed by atoms with van der Waals surface area (Å²) in [6, 6.07) is 28.9. The maximum atomic E-state index is 13.5. The van der Waals surface area contributed by atoms with Crippen LogP contribution >= 0.6 is 0 Å². The molecule has 0 unspecified atom stereocenters. The van der Waals surface area contributed by atoms with E-state index in [2.05, 4.69) is 26.9 Å². The van der Waals surface area contributed by atoms with E-state index in [0.717, 1.165) is 42.9 Å². The van der Waals surface area contributed by atoms with Crippen molar-refractivity contribution in [1.29, 1.82) is 0 Å². The van der Waals surface area contributed by atoms with Crippen LogP contribution in [0.4, 0.5) is 28.8 Å². The van der Waals surface area contributed by atoms with Crippen molar-refractivity contribution < 1.29 is 13.2 Å². The topological polar surface area (TPSA) is 108 Å². The number of fused-ring (bicyclic) bond motifs is 1. The van der Waals surface area contributed by atoms with Gasteiger partial charge in [0.25, 0.3) is 0 Å². The second-order valence-electron chi connectivity index (χ2n) is 9.60. The molecule has 1 fully saturated rings. The Labute approximate surface area is 239 Å². The molecule has 41 heavy (non-hydrogen) atoms. The molecule has 208 valence electrons. The number of aromatic nitrogens is 2. The molecule has 0 aliphatic carbocycles. The summed E-state index contributed by atoms with van der Waals surface area (Å²) in [6.07, 6.45) is 0. The lowest BCUT2D eigenvalue weighted by molar-refractivity contribution is 0.416. The number of rotatable bonds is 8. The summed E-state index contributed by atoms with van der Waals surface area (Å²) in [6.45, 7) is 3.75. The molecule has 0 bridgehead atoms. The van der Waals surface area contributed by atoms with E-state index in [1.54, 1.807) is 61.7 Å². The van der Waals surface area contributed by atoms with Crippen molar-refractivity contribution in [2.45, 2.75) is 9.79 Å². The van der Waals surface area contributed by atoms with Crippen LogP contribution in [0, 0.1) is 0 Å². The minimum atomic E-state index is -3.77. The van der Waals surface area contributed by atoms with Gasteiger partial charge in [0.15, 0.2) is 0 Å². The van der Waals surface area contributed by atoms with Crippen LogP contribution in [0.25, 0.3) is 10.9 Å². The maximum Gasteiger partial charge on any atom is 0.229 e. The molecule has 1 aromatic heterocycles. The summed E-state index contributed by atoms with van der Waals surface area (Å²) >= 11 is 0. The van der Waals surface area contributed by atoms with Crippen LogP contribution in [0.2, 0.25) is 0 Å². The average molecular weight is 567 g/mol. The molecule has 2 heterocycles. The second-order valence-corrected chi connectivity index (χ2v) is 11.5. The number of anilines is 5. The molecule has 1 saturated heterocycles. The van der Waals surface area contributed by atoms with Gasteiger partial charge in [0.2, 0.25) is 15.8 Å². The minimum absolute atomic E-state index is 0.161. The van der Waals surface area contributed by atoms with E-state index < -0.39 is 9.84 Å².